The molecule has 0 saturated carbocycles. The Bertz CT molecular complexity index is 803. The standard InChI is InChI=1S/C20H19Cl/c21-13-12-15-5-3-7-18-17(15)10-11-19-16-6-2-1-4-14(16)8-9-20(18)19/h1-2,4,6,8-11,15H,3,5,7,12-13H2. The fraction of sp³-hybridized carbons (Fsp3) is 0.300. The molecule has 1 atom stereocenters. The minimum absolute atomic E-state index is 0.655. The van der Waals surface area contributed by atoms with Gasteiger partial charge >= 0.3 is 0 Å². The van der Waals surface area contributed by atoms with Crippen LogP contribution in [0.4, 0.5) is 0 Å². The number of hydrogen-bond donors (Lipinski definition) is 0. The molecule has 3 aromatic rings. The summed E-state index contributed by atoms with van der Waals surface area (Å²) in [4.78, 5) is 0. The maximum Gasteiger partial charge on any atom is 0.0229 e. The van der Waals surface area contributed by atoms with Crippen LogP contribution in [0.2, 0.25) is 0 Å². The molecule has 21 heavy (non-hydrogen) atoms. The SMILES string of the molecule is ClCCC1CCCc2c1ccc1c2ccc2ccccc21. The minimum Gasteiger partial charge on any atom is -0.127 e. The molecule has 0 N–H and O–H groups in total. The maximum absolute atomic E-state index is 6.00. The van der Waals surface area contributed by atoms with Crippen LogP contribution in [-0.2, 0) is 6.42 Å². The van der Waals surface area contributed by atoms with E-state index in [1.165, 1.54) is 40.8 Å². The first kappa shape index (κ1) is 13.2. The van der Waals surface area contributed by atoms with Crippen molar-refractivity contribution in [2.24, 2.45) is 0 Å². The molecule has 1 aliphatic carbocycles. The van der Waals surface area contributed by atoms with Gasteiger partial charge in [-0.15, -0.1) is 11.6 Å². The van der Waals surface area contributed by atoms with Crippen LogP contribution in [0.15, 0.2) is 48.5 Å². The second-order valence-electron chi connectivity index (χ2n) is 6.08. The Morgan fingerprint density at radius 2 is 1.76 bits per heavy atom. The van der Waals surface area contributed by atoms with Gasteiger partial charge in [-0.05, 0) is 64.3 Å². The zero-order valence-electron chi connectivity index (χ0n) is 12.1. The van der Waals surface area contributed by atoms with Crippen LogP contribution in [0.3, 0.4) is 0 Å². The predicted molar refractivity (Wildman–Crippen MR) is 92.5 cm³/mol. The summed E-state index contributed by atoms with van der Waals surface area (Å²) >= 11 is 6.00. The van der Waals surface area contributed by atoms with Gasteiger partial charge in [-0.2, -0.15) is 0 Å². The molecule has 0 saturated heterocycles. The van der Waals surface area contributed by atoms with Crippen molar-refractivity contribution in [3.8, 4) is 0 Å². The second-order valence-corrected chi connectivity index (χ2v) is 6.46. The molecule has 1 heteroatoms. The van der Waals surface area contributed by atoms with E-state index in [-0.39, 0.29) is 0 Å². The molecular formula is C20H19Cl. The first-order chi connectivity index (χ1) is 10.4. The van der Waals surface area contributed by atoms with Crippen molar-refractivity contribution in [3.05, 3.63) is 59.7 Å². The number of fused-ring (bicyclic) bond motifs is 5. The average molecular weight is 295 g/mol. The highest BCUT2D eigenvalue weighted by molar-refractivity contribution is 6.17. The number of aryl methyl sites for hydroxylation is 1. The van der Waals surface area contributed by atoms with Gasteiger partial charge in [0.1, 0.15) is 0 Å². The van der Waals surface area contributed by atoms with E-state index in [9.17, 15) is 0 Å². The van der Waals surface area contributed by atoms with Crippen molar-refractivity contribution in [1.29, 1.82) is 0 Å². The summed E-state index contributed by atoms with van der Waals surface area (Å²) in [6.45, 7) is 0. The molecule has 4 rings (SSSR count). The summed E-state index contributed by atoms with van der Waals surface area (Å²) in [6.07, 6.45) is 4.90. The molecule has 0 bridgehead atoms. The van der Waals surface area contributed by atoms with Gasteiger partial charge in [0.15, 0.2) is 0 Å². The first-order valence-corrected chi connectivity index (χ1v) is 8.41. The van der Waals surface area contributed by atoms with Crippen LogP contribution >= 0.6 is 11.6 Å². The van der Waals surface area contributed by atoms with Gasteiger partial charge in [-0.3, -0.25) is 0 Å². The van der Waals surface area contributed by atoms with E-state index in [0.717, 1.165) is 12.3 Å². The molecule has 1 unspecified atom stereocenters. The van der Waals surface area contributed by atoms with E-state index in [0.29, 0.717) is 5.92 Å². The quantitative estimate of drug-likeness (QED) is 0.399. The second kappa shape index (κ2) is 5.35. The van der Waals surface area contributed by atoms with Gasteiger partial charge in [0, 0.05) is 5.88 Å². The highest BCUT2D eigenvalue weighted by Crippen LogP contribution is 2.39. The van der Waals surface area contributed by atoms with Gasteiger partial charge in [0.2, 0.25) is 0 Å². The lowest BCUT2D eigenvalue weighted by atomic mass is 9.79. The lowest BCUT2D eigenvalue weighted by molar-refractivity contribution is 0.544. The average Bonchev–Trinajstić information content (AvgIpc) is 2.55. The van der Waals surface area contributed by atoms with E-state index < -0.39 is 0 Å². The van der Waals surface area contributed by atoms with Crippen LogP contribution in [-0.4, -0.2) is 5.88 Å². The summed E-state index contributed by atoms with van der Waals surface area (Å²) in [5.74, 6) is 1.42. The third-order valence-electron chi connectivity index (χ3n) is 4.95. The fourth-order valence-corrected chi connectivity index (χ4v) is 4.20. The summed E-state index contributed by atoms with van der Waals surface area (Å²) in [7, 11) is 0. The molecule has 0 heterocycles. The smallest absolute Gasteiger partial charge is 0.0229 e. The van der Waals surface area contributed by atoms with E-state index >= 15 is 0 Å². The van der Waals surface area contributed by atoms with Gasteiger partial charge in [-0.25, -0.2) is 0 Å². The predicted octanol–water partition coefficient (Wildman–Crippen LogP) is 6.04. The van der Waals surface area contributed by atoms with E-state index in [4.69, 9.17) is 11.6 Å². The zero-order chi connectivity index (χ0) is 14.2. The van der Waals surface area contributed by atoms with Crippen LogP contribution < -0.4 is 0 Å². The molecule has 0 aliphatic heterocycles. The molecule has 0 spiro atoms. The lowest BCUT2D eigenvalue weighted by Gasteiger charge is -2.26. The summed E-state index contributed by atoms with van der Waals surface area (Å²) in [6, 6.07) is 18.0. The van der Waals surface area contributed by atoms with Crippen molar-refractivity contribution in [2.45, 2.75) is 31.6 Å². The highest BCUT2D eigenvalue weighted by Gasteiger charge is 2.21. The third kappa shape index (κ3) is 2.13. The van der Waals surface area contributed by atoms with Crippen LogP contribution in [0.25, 0.3) is 21.5 Å². The monoisotopic (exact) mass is 294 g/mol. The number of rotatable bonds is 2. The molecule has 3 aromatic carbocycles. The van der Waals surface area contributed by atoms with Crippen molar-refractivity contribution in [3.63, 3.8) is 0 Å². The van der Waals surface area contributed by atoms with E-state index in [1.54, 1.807) is 11.1 Å². The molecule has 0 nitrogen and oxygen atoms in total. The fourth-order valence-electron chi connectivity index (χ4n) is 3.94. The molecular weight excluding hydrogens is 276 g/mol. The Morgan fingerprint density at radius 3 is 2.67 bits per heavy atom. The highest BCUT2D eigenvalue weighted by atomic mass is 35.5. The van der Waals surface area contributed by atoms with Crippen molar-refractivity contribution in [2.75, 3.05) is 5.88 Å². The molecule has 0 radical (unpaired) electrons. The molecule has 1 aliphatic rings. The van der Waals surface area contributed by atoms with Crippen molar-refractivity contribution in [1.82, 2.24) is 0 Å². The van der Waals surface area contributed by atoms with Crippen LogP contribution in [0.5, 0.6) is 0 Å². The largest absolute Gasteiger partial charge is 0.127 e. The lowest BCUT2D eigenvalue weighted by Crippen LogP contribution is -2.10. The summed E-state index contributed by atoms with van der Waals surface area (Å²) in [5, 5.41) is 5.55. The Balaban J connectivity index is 1.99. The Hall–Kier alpha value is -1.53. The van der Waals surface area contributed by atoms with Gasteiger partial charge in [0.25, 0.3) is 0 Å². The Labute approximate surface area is 130 Å². The molecule has 0 fully saturated rings. The maximum atomic E-state index is 6.00. The van der Waals surface area contributed by atoms with Crippen molar-refractivity contribution >= 4 is 33.1 Å². The minimum atomic E-state index is 0.655. The Kier molecular flexibility index (Phi) is 3.35. The van der Waals surface area contributed by atoms with Gasteiger partial charge in [-0.1, -0.05) is 48.5 Å². The molecule has 0 amide bonds. The van der Waals surface area contributed by atoms with Gasteiger partial charge < -0.3 is 0 Å². The third-order valence-corrected chi connectivity index (χ3v) is 5.17. The Morgan fingerprint density at radius 1 is 0.905 bits per heavy atom. The van der Waals surface area contributed by atoms with Crippen LogP contribution in [0, 0.1) is 0 Å². The zero-order valence-corrected chi connectivity index (χ0v) is 12.9. The molecule has 0 aromatic heterocycles. The first-order valence-electron chi connectivity index (χ1n) is 7.87. The van der Waals surface area contributed by atoms with E-state index in [2.05, 4.69) is 48.5 Å². The van der Waals surface area contributed by atoms with Crippen molar-refractivity contribution < 1.29 is 0 Å². The number of halogens is 1. The normalized spacial score (nSPS) is 18.0. The summed E-state index contributed by atoms with van der Waals surface area (Å²) < 4.78 is 0. The number of hydrogen-bond acceptors (Lipinski definition) is 0. The molecule has 106 valence electrons. The topological polar surface area (TPSA) is 0 Å². The van der Waals surface area contributed by atoms with E-state index in [1.807, 2.05) is 0 Å². The number of alkyl halides is 1. The number of benzene rings is 3. The summed E-state index contributed by atoms with van der Waals surface area (Å²) in [5.41, 5.74) is 3.12. The van der Waals surface area contributed by atoms with Crippen LogP contribution in [0.1, 0.15) is 36.3 Å². The van der Waals surface area contributed by atoms with Gasteiger partial charge in [0.05, 0.1) is 0 Å².